The van der Waals surface area contributed by atoms with Crippen molar-refractivity contribution in [3.63, 3.8) is 0 Å². The van der Waals surface area contributed by atoms with Crippen LogP contribution in [-0.2, 0) is 6.42 Å². The van der Waals surface area contributed by atoms with Gasteiger partial charge in [-0.3, -0.25) is 0 Å². The Hall–Kier alpha value is -0.370. The van der Waals surface area contributed by atoms with E-state index in [1.54, 1.807) is 12.1 Å². The van der Waals surface area contributed by atoms with Gasteiger partial charge in [-0.15, -0.1) is 0 Å². The van der Waals surface area contributed by atoms with Crippen LogP contribution in [0.5, 0.6) is 0 Å². The van der Waals surface area contributed by atoms with Crippen molar-refractivity contribution in [3.05, 3.63) is 35.1 Å². The fraction of sp³-hybridized carbons (Fsp3) is 0.538. The third-order valence-electron chi connectivity index (χ3n) is 2.94. The summed E-state index contributed by atoms with van der Waals surface area (Å²) in [6, 6.07) is 5.31. The molecule has 15 heavy (non-hydrogen) atoms. The zero-order chi connectivity index (χ0) is 10.8. The first-order valence-electron chi connectivity index (χ1n) is 5.55. The lowest BCUT2D eigenvalue weighted by Gasteiger charge is -2.08. The van der Waals surface area contributed by atoms with Gasteiger partial charge in [-0.2, -0.15) is 0 Å². The third-order valence-corrected chi connectivity index (χ3v) is 4.15. The van der Waals surface area contributed by atoms with Crippen LogP contribution >= 0.6 is 15.9 Å². The molecule has 0 saturated heterocycles. The largest absolute Gasteiger partial charge is 0.207 e. The molecular formula is C13H16BrF. The number of rotatable bonds is 4. The number of hydrogen-bond donors (Lipinski definition) is 0. The molecule has 1 aromatic rings. The lowest BCUT2D eigenvalue weighted by atomic mass is 10.0. The van der Waals surface area contributed by atoms with Crippen molar-refractivity contribution in [1.82, 2.24) is 0 Å². The molecule has 1 aliphatic carbocycles. The maximum atomic E-state index is 13.1. The summed E-state index contributed by atoms with van der Waals surface area (Å²) in [6.45, 7) is 1.94. The maximum absolute atomic E-state index is 13.1. The monoisotopic (exact) mass is 270 g/mol. The zero-order valence-corrected chi connectivity index (χ0v) is 10.6. The molecule has 82 valence electrons. The van der Waals surface area contributed by atoms with E-state index in [9.17, 15) is 4.39 Å². The Morgan fingerprint density at radius 3 is 2.73 bits per heavy atom. The number of halogens is 2. The molecule has 0 spiro atoms. The Kier molecular flexibility index (Phi) is 3.45. The second-order valence-corrected chi connectivity index (χ2v) is 5.71. The van der Waals surface area contributed by atoms with Crippen LogP contribution in [0.25, 0.3) is 0 Å². The molecular weight excluding hydrogens is 255 g/mol. The fourth-order valence-electron chi connectivity index (χ4n) is 1.95. The summed E-state index contributed by atoms with van der Waals surface area (Å²) in [5.74, 6) is 0.766. The van der Waals surface area contributed by atoms with Crippen LogP contribution in [0.4, 0.5) is 4.39 Å². The molecule has 1 unspecified atom stereocenters. The molecule has 0 aliphatic heterocycles. The van der Waals surface area contributed by atoms with Gasteiger partial charge in [0.25, 0.3) is 0 Å². The van der Waals surface area contributed by atoms with Gasteiger partial charge in [0, 0.05) is 4.83 Å². The van der Waals surface area contributed by atoms with Crippen molar-refractivity contribution in [2.75, 3.05) is 0 Å². The predicted molar refractivity (Wildman–Crippen MR) is 64.9 cm³/mol. The predicted octanol–water partition coefficient (Wildman–Crippen LogP) is 4.24. The summed E-state index contributed by atoms with van der Waals surface area (Å²) in [5, 5.41) is 0. The van der Waals surface area contributed by atoms with Crippen LogP contribution in [0.3, 0.4) is 0 Å². The van der Waals surface area contributed by atoms with Gasteiger partial charge in [0.1, 0.15) is 5.82 Å². The molecule has 0 radical (unpaired) electrons. The Morgan fingerprint density at radius 1 is 1.40 bits per heavy atom. The molecule has 0 amide bonds. The summed E-state index contributed by atoms with van der Waals surface area (Å²) in [4.78, 5) is 0.626. The van der Waals surface area contributed by atoms with Gasteiger partial charge in [0.05, 0.1) is 0 Å². The summed E-state index contributed by atoms with van der Waals surface area (Å²) in [7, 11) is 0. The molecule has 1 aromatic carbocycles. The van der Waals surface area contributed by atoms with Crippen molar-refractivity contribution in [2.24, 2.45) is 5.92 Å². The highest BCUT2D eigenvalue weighted by atomic mass is 79.9. The van der Waals surface area contributed by atoms with E-state index in [1.807, 2.05) is 6.92 Å². The molecule has 2 heteroatoms. The van der Waals surface area contributed by atoms with Crippen LogP contribution in [-0.4, -0.2) is 4.83 Å². The van der Waals surface area contributed by atoms with Gasteiger partial charge < -0.3 is 0 Å². The van der Waals surface area contributed by atoms with Crippen molar-refractivity contribution < 1.29 is 4.39 Å². The van der Waals surface area contributed by atoms with E-state index in [4.69, 9.17) is 0 Å². The Labute approximate surface area is 99.0 Å². The number of hydrogen-bond acceptors (Lipinski definition) is 0. The first kappa shape index (κ1) is 11.1. The Balaban J connectivity index is 1.91. The molecule has 0 aromatic heterocycles. The minimum atomic E-state index is -0.109. The van der Waals surface area contributed by atoms with E-state index < -0.39 is 0 Å². The molecule has 1 atom stereocenters. The van der Waals surface area contributed by atoms with Crippen LogP contribution in [0.2, 0.25) is 0 Å². The maximum Gasteiger partial charge on any atom is 0.123 e. The summed E-state index contributed by atoms with van der Waals surface area (Å²) in [5.41, 5.74) is 2.14. The Bertz CT molecular complexity index is 324. The molecule has 2 rings (SSSR count). The highest BCUT2D eigenvalue weighted by molar-refractivity contribution is 9.09. The van der Waals surface area contributed by atoms with Gasteiger partial charge in [-0.25, -0.2) is 4.39 Å². The van der Waals surface area contributed by atoms with Crippen LogP contribution in [0.1, 0.15) is 30.4 Å². The fourth-order valence-corrected chi connectivity index (χ4v) is 2.71. The first-order valence-corrected chi connectivity index (χ1v) is 6.47. The van der Waals surface area contributed by atoms with Crippen LogP contribution in [0, 0.1) is 18.7 Å². The van der Waals surface area contributed by atoms with Gasteiger partial charge in [-0.1, -0.05) is 22.0 Å². The molecule has 0 heterocycles. The molecule has 1 fully saturated rings. The number of aryl methyl sites for hydroxylation is 2. The lowest BCUT2D eigenvalue weighted by molar-refractivity contribution is 0.621. The second kappa shape index (κ2) is 4.65. The van der Waals surface area contributed by atoms with E-state index in [0.29, 0.717) is 4.83 Å². The zero-order valence-electron chi connectivity index (χ0n) is 8.97. The van der Waals surface area contributed by atoms with Crippen LogP contribution in [0.15, 0.2) is 18.2 Å². The van der Waals surface area contributed by atoms with E-state index in [0.717, 1.165) is 29.9 Å². The smallest absolute Gasteiger partial charge is 0.123 e. The summed E-state index contributed by atoms with van der Waals surface area (Å²) >= 11 is 3.71. The average Bonchev–Trinajstić information content (AvgIpc) is 2.95. The summed E-state index contributed by atoms with van der Waals surface area (Å²) in [6.07, 6.45) is 4.81. The standard InChI is InChI=1S/C13H16BrF/c1-9-6-10(8-12(15)7-9)2-5-13(14)11-3-4-11/h6-8,11,13H,2-5H2,1H3. The summed E-state index contributed by atoms with van der Waals surface area (Å²) < 4.78 is 13.1. The molecule has 0 N–H and O–H groups in total. The molecule has 0 bridgehead atoms. The average molecular weight is 271 g/mol. The van der Waals surface area contributed by atoms with Crippen LogP contribution < -0.4 is 0 Å². The second-order valence-electron chi connectivity index (χ2n) is 4.53. The minimum absolute atomic E-state index is 0.109. The van der Waals surface area contributed by atoms with E-state index in [2.05, 4.69) is 22.0 Å². The van der Waals surface area contributed by atoms with Gasteiger partial charge in [-0.05, 0) is 61.8 Å². The van der Waals surface area contributed by atoms with Gasteiger partial charge in [0.2, 0.25) is 0 Å². The SMILES string of the molecule is Cc1cc(F)cc(CCC(Br)C2CC2)c1. The quantitative estimate of drug-likeness (QED) is 0.718. The normalized spacial score (nSPS) is 17.8. The topological polar surface area (TPSA) is 0 Å². The van der Waals surface area contributed by atoms with Crippen molar-refractivity contribution in [3.8, 4) is 0 Å². The number of benzene rings is 1. The van der Waals surface area contributed by atoms with E-state index in [1.165, 1.54) is 12.8 Å². The van der Waals surface area contributed by atoms with Crippen molar-refractivity contribution >= 4 is 15.9 Å². The van der Waals surface area contributed by atoms with E-state index >= 15 is 0 Å². The van der Waals surface area contributed by atoms with Gasteiger partial charge >= 0.3 is 0 Å². The van der Waals surface area contributed by atoms with E-state index in [-0.39, 0.29) is 5.82 Å². The highest BCUT2D eigenvalue weighted by Crippen LogP contribution is 2.38. The molecule has 0 nitrogen and oxygen atoms in total. The highest BCUT2D eigenvalue weighted by Gasteiger charge is 2.28. The van der Waals surface area contributed by atoms with Gasteiger partial charge in [0.15, 0.2) is 0 Å². The van der Waals surface area contributed by atoms with Crippen molar-refractivity contribution in [2.45, 2.75) is 37.4 Å². The minimum Gasteiger partial charge on any atom is -0.207 e. The molecule has 1 aliphatic rings. The first-order chi connectivity index (χ1) is 7.15. The Morgan fingerprint density at radius 2 is 2.13 bits per heavy atom. The lowest BCUT2D eigenvalue weighted by Crippen LogP contribution is -2.02. The van der Waals surface area contributed by atoms with Crippen molar-refractivity contribution in [1.29, 1.82) is 0 Å². The third kappa shape index (κ3) is 3.30. The number of alkyl halides is 1. The molecule has 1 saturated carbocycles.